The van der Waals surface area contributed by atoms with Crippen molar-refractivity contribution >= 4 is 27.9 Å². The standard InChI is InChI=1S/C21H23N3O5S/c22-21(26)20(17-4-2-1-3-5-17)23-19(25)11-8-16-6-9-18(10-7-16)30(27,28)24-12-14-29-15-13-24/h1-11,20H,12-15H2,(H2,22,26)(H,23,25)/b11-8+. The molecule has 158 valence electrons. The molecule has 0 bridgehead atoms. The fraction of sp³-hybridized carbons (Fsp3) is 0.238. The van der Waals surface area contributed by atoms with Crippen LogP contribution in [0.15, 0.2) is 65.6 Å². The van der Waals surface area contributed by atoms with Gasteiger partial charge in [0.25, 0.3) is 0 Å². The molecule has 3 rings (SSSR count). The summed E-state index contributed by atoms with van der Waals surface area (Å²) in [4.78, 5) is 24.1. The van der Waals surface area contributed by atoms with Gasteiger partial charge in [-0.3, -0.25) is 9.59 Å². The minimum Gasteiger partial charge on any atom is -0.379 e. The van der Waals surface area contributed by atoms with Crippen molar-refractivity contribution in [3.05, 3.63) is 71.8 Å². The van der Waals surface area contributed by atoms with E-state index in [0.717, 1.165) is 0 Å². The molecule has 1 fully saturated rings. The summed E-state index contributed by atoms with van der Waals surface area (Å²) in [6.07, 6.45) is 2.80. The number of nitrogens with zero attached hydrogens (tertiary/aromatic N) is 1. The quantitative estimate of drug-likeness (QED) is 0.638. The molecule has 0 spiro atoms. The van der Waals surface area contributed by atoms with E-state index in [2.05, 4.69) is 5.32 Å². The van der Waals surface area contributed by atoms with Gasteiger partial charge >= 0.3 is 0 Å². The molecule has 8 nitrogen and oxygen atoms in total. The Bertz CT molecular complexity index is 1010. The van der Waals surface area contributed by atoms with Gasteiger partial charge in [-0.1, -0.05) is 42.5 Å². The van der Waals surface area contributed by atoms with Gasteiger partial charge < -0.3 is 15.8 Å². The zero-order valence-corrected chi connectivity index (χ0v) is 17.0. The predicted octanol–water partition coefficient (Wildman–Crippen LogP) is 1.06. The Morgan fingerprint density at radius 3 is 2.27 bits per heavy atom. The average molecular weight is 429 g/mol. The zero-order chi connectivity index (χ0) is 21.6. The van der Waals surface area contributed by atoms with Crippen molar-refractivity contribution in [2.45, 2.75) is 10.9 Å². The van der Waals surface area contributed by atoms with Crippen LogP contribution < -0.4 is 11.1 Å². The molecular formula is C21H23N3O5S. The van der Waals surface area contributed by atoms with Crippen LogP contribution in [0, 0.1) is 0 Å². The maximum atomic E-state index is 12.6. The van der Waals surface area contributed by atoms with Crippen LogP contribution in [0.3, 0.4) is 0 Å². The van der Waals surface area contributed by atoms with E-state index in [-0.39, 0.29) is 4.90 Å². The summed E-state index contributed by atoms with van der Waals surface area (Å²) in [6, 6.07) is 14.0. The Labute approximate surface area is 175 Å². The summed E-state index contributed by atoms with van der Waals surface area (Å²) >= 11 is 0. The highest BCUT2D eigenvalue weighted by molar-refractivity contribution is 7.89. The number of amides is 2. The topological polar surface area (TPSA) is 119 Å². The minimum absolute atomic E-state index is 0.184. The number of morpholine rings is 1. The average Bonchev–Trinajstić information content (AvgIpc) is 2.77. The van der Waals surface area contributed by atoms with Crippen molar-refractivity contribution < 1.29 is 22.7 Å². The summed E-state index contributed by atoms with van der Waals surface area (Å²) < 4.78 is 31.8. The van der Waals surface area contributed by atoms with E-state index in [1.54, 1.807) is 42.5 Å². The van der Waals surface area contributed by atoms with Gasteiger partial charge in [-0.2, -0.15) is 4.31 Å². The molecule has 2 amide bonds. The number of rotatable bonds is 7. The Hall–Kier alpha value is -3.01. The third-order valence-corrected chi connectivity index (χ3v) is 6.53. The first-order valence-corrected chi connectivity index (χ1v) is 10.8. The molecule has 1 aliphatic heterocycles. The molecular weight excluding hydrogens is 406 g/mol. The van der Waals surface area contributed by atoms with E-state index in [1.807, 2.05) is 0 Å². The number of sulfonamides is 1. The van der Waals surface area contributed by atoms with Crippen LogP contribution >= 0.6 is 0 Å². The van der Waals surface area contributed by atoms with Gasteiger partial charge in [0, 0.05) is 19.2 Å². The van der Waals surface area contributed by atoms with E-state index < -0.39 is 27.9 Å². The summed E-state index contributed by atoms with van der Waals surface area (Å²) in [5.74, 6) is -1.16. The molecule has 1 unspecified atom stereocenters. The van der Waals surface area contributed by atoms with Gasteiger partial charge in [-0.15, -0.1) is 0 Å². The van der Waals surface area contributed by atoms with Crippen molar-refractivity contribution in [1.82, 2.24) is 9.62 Å². The van der Waals surface area contributed by atoms with Gasteiger partial charge in [0.05, 0.1) is 18.1 Å². The lowest BCUT2D eigenvalue weighted by molar-refractivity contribution is -0.125. The van der Waals surface area contributed by atoms with Gasteiger partial charge in [0.1, 0.15) is 6.04 Å². The van der Waals surface area contributed by atoms with E-state index in [4.69, 9.17) is 10.5 Å². The fourth-order valence-corrected chi connectivity index (χ4v) is 4.42. The van der Waals surface area contributed by atoms with Crippen LogP contribution in [0.1, 0.15) is 17.2 Å². The predicted molar refractivity (Wildman–Crippen MR) is 112 cm³/mol. The second kappa shape index (κ2) is 9.66. The largest absolute Gasteiger partial charge is 0.379 e. The second-order valence-corrected chi connectivity index (χ2v) is 8.61. The van der Waals surface area contributed by atoms with E-state index >= 15 is 0 Å². The number of hydrogen-bond donors (Lipinski definition) is 2. The highest BCUT2D eigenvalue weighted by Crippen LogP contribution is 2.18. The molecule has 1 aliphatic rings. The third-order valence-electron chi connectivity index (χ3n) is 4.62. The molecule has 2 aromatic rings. The molecule has 2 aromatic carbocycles. The molecule has 0 radical (unpaired) electrons. The van der Waals surface area contributed by atoms with Crippen molar-refractivity contribution in [1.29, 1.82) is 0 Å². The van der Waals surface area contributed by atoms with Crippen LogP contribution in [0.2, 0.25) is 0 Å². The first-order chi connectivity index (χ1) is 14.4. The fourth-order valence-electron chi connectivity index (χ4n) is 3.01. The van der Waals surface area contributed by atoms with E-state index in [0.29, 0.717) is 37.4 Å². The maximum Gasteiger partial charge on any atom is 0.244 e. The number of benzene rings is 2. The number of ether oxygens (including phenoxy) is 1. The van der Waals surface area contributed by atoms with Crippen LogP contribution in [-0.4, -0.2) is 50.8 Å². The third kappa shape index (κ3) is 5.32. The smallest absolute Gasteiger partial charge is 0.244 e. The lowest BCUT2D eigenvalue weighted by atomic mass is 10.1. The molecule has 30 heavy (non-hydrogen) atoms. The van der Waals surface area contributed by atoms with Gasteiger partial charge in [0.2, 0.25) is 21.8 Å². The minimum atomic E-state index is -3.57. The highest BCUT2D eigenvalue weighted by Gasteiger charge is 2.26. The summed E-state index contributed by atoms with van der Waals surface area (Å²) in [5, 5.41) is 2.57. The second-order valence-electron chi connectivity index (χ2n) is 6.67. The highest BCUT2D eigenvalue weighted by atomic mass is 32.2. The molecule has 0 aromatic heterocycles. The van der Waals surface area contributed by atoms with Crippen LogP contribution in [0.4, 0.5) is 0 Å². The molecule has 0 aliphatic carbocycles. The number of primary amides is 1. The number of nitrogens with two attached hydrogens (primary N) is 1. The zero-order valence-electron chi connectivity index (χ0n) is 16.2. The Balaban J connectivity index is 1.66. The van der Waals surface area contributed by atoms with Crippen LogP contribution in [-0.2, 0) is 24.3 Å². The van der Waals surface area contributed by atoms with Gasteiger partial charge in [-0.05, 0) is 29.3 Å². The van der Waals surface area contributed by atoms with Crippen molar-refractivity contribution in [3.63, 3.8) is 0 Å². The maximum absolute atomic E-state index is 12.6. The van der Waals surface area contributed by atoms with E-state index in [9.17, 15) is 18.0 Å². The molecule has 9 heteroatoms. The number of carbonyl (C=O) groups excluding carboxylic acids is 2. The summed E-state index contributed by atoms with van der Waals surface area (Å²) in [6.45, 7) is 1.41. The van der Waals surface area contributed by atoms with Crippen molar-refractivity contribution in [2.24, 2.45) is 5.73 Å². The lowest BCUT2D eigenvalue weighted by Gasteiger charge is -2.26. The van der Waals surface area contributed by atoms with Crippen molar-refractivity contribution in [2.75, 3.05) is 26.3 Å². The molecule has 1 saturated heterocycles. The molecule has 1 heterocycles. The van der Waals surface area contributed by atoms with Gasteiger partial charge in [-0.25, -0.2) is 8.42 Å². The number of hydrogen-bond acceptors (Lipinski definition) is 5. The lowest BCUT2D eigenvalue weighted by Crippen LogP contribution is -2.40. The Morgan fingerprint density at radius 1 is 1.03 bits per heavy atom. The van der Waals surface area contributed by atoms with Gasteiger partial charge in [0.15, 0.2) is 0 Å². The van der Waals surface area contributed by atoms with E-state index in [1.165, 1.54) is 28.6 Å². The summed E-state index contributed by atoms with van der Waals surface area (Å²) in [5.41, 5.74) is 6.62. The monoisotopic (exact) mass is 429 g/mol. The molecule has 0 saturated carbocycles. The van der Waals surface area contributed by atoms with Crippen LogP contribution in [0.5, 0.6) is 0 Å². The summed E-state index contributed by atoms with van der Waals surface area (Å²) in [7, 11) is -3.57. The van der Waals surface area contributed by atoms with Crippen LogP contribution in [0.25, 0.3) is 6.08 Å². The Kier molecular flexibility index (Phi) is 6.99. The number of nitrogens with one attached hydrogen (secondary N) is 1. The Morgan fingerprint density at radius 2 is 1.67 bits per heavy atom. The number of carbonyl (C=O) groups is 2. The molecule has 3 N–H and O–H groups in total. The van der Waals surface area contributed by atoms with Crippen molar-refractivity contribution in [3.8, 4) is 0 Å². The first kappa shape index (κ1) is 21.7. The normalized spacial score (nSPS) is 16.3. The molecule has 1 atom stereocenters. The first-order valence-electron chi connectivity index (χ1n) is 9.39. The SMILES string of the molecule is NC(=O)C(NC(=O)/C=C/c1ccc(S(=O)(=O)N2CCOCC2)cc1)c1ccccc1.